The minimum atomic E-state index is -0.500. The molecule has 18 heavy (non-hydrogen) atoms. The van der Waals surface area contributed by atoms with Crippen molar-refractivity contribution >= 4 is 34.0 Å². The van der Waals surface area contributed by atoms with Crippen LogP contribution in [0.1, 0.15) is 37.8 Å². The molecule has 5 nitrogen and oxygen atoms in total. The molecule has 0 aliphatic carbocycles. The molecule has 1 atom stereocenters. The van der Waals surface area contributed by atoms with E-state index < -0.39 is 4.92 Å². The first-order valence-corrected chi connectivity index (χ1v) is 6.19. The van der Waals surface area contributed by atoms with Crippen LogP contribution in [0, 0.1) is 10.1 Å². The van der Waals surface area contributed by atoms with E-state index in [0.29, 0.717) is 16.5 Å². The average molecular weight is 340 g/mol. The van der Waals surface area contributed by atoms with Gasteiger partial charge in [0.15, 0.2) is 0 Å². The fourth-order valence-corrected chi connectivity index (χ4v) is 2.04. The Morgan fingerprint density at radius 1 is 1.56 bits per heavy atom. The average Bonchev–Trinajstić information content (AvgIpc) is 2.29. The number of non-ortho nitro benzene ring substituents is 1. The molecule has 0 aromatic heterocycles. The van der Waals surface area contributed by atoms with Crippen molar-refractivity contribution in [2.24, 2.45) is 5.73 Å². The van der Waals surface area contributed by atoms with Gasteiger partial charge in [-0.05, 0) is 22.4 Å². The molecule has 0 aliphatic rings. The summed E-state index contributed by atoms with van der Waals surface area (Å²) in [6, 6.07) is 2.22. The van der Waals surface area contributed by atoms with Gasteiger partial charge in [-0.15, -0.1) is 12.4 Å². The Bertz CT molecular complexity index is 429. The van der Waals surface area contributed by atoms with Gasteiger partial charge in [0.25, 0.3) is 5.69 Å². The van der Waals surface area contributed by atoms with Gasteiger partial charge in [-0.2, -0.15) is 0 Å². The van der Waals surface area contributed by atoms with E-state index in [1.165, 1.54) is 12.1 Å². The fourth-order valence-electron chi connectivity index (χ4n) is 1.57. The summed E-state index contributed by atoms with van der Waals surface area (Å²) in [5.74, 6) is -0.0146. The van der Waals surface area contributed by atoms with Gasteiger partial charge in [-0.1, -0.05) is 19.8 Å². The highest BCUT2D eigenvalue weighted by atomic mass is 79.9. The molecule has 1 rings (SSSR count). The Kier molecular flexibility index (Phi) is 7.20. The molecule has 0 bridgehead atoms. The monoisotopic (exact) mass is 338 g/mol. The second-order valence-electron chi connectivity index (χ2n) is 3.87. The number of hydrogen-bond donors (Lipinski definition) is 2. The molecule has 102 valence electrons. The smallest absolute Gasteiger partial charge is 0.271 e. The Morgan fingerprint density at radius 2 is 2.17 bits per heavy atom. The maximum absolute atomic E-state index is 10.7. The largest absolute Gasteiger partial charge is 0.506 e. The van der Waals surface area contributed by atoms with E-state index in [4.69, 9.17) is 5.73 Å². The number of hydrogen-bond acceptors (Lipinski definition) is 4. The third kappa shape index (κ3) is 4.12. The Morgan fingerprint density at radius 3 is 2.67 bits per heavy atom. The number of phenolic OH excluding ortho intramolecular Hbond substituents is 1. The van der Waals surface area contributed by atoms with Crippen LogP contribution < -0.4 is 5.73 Å². The van der Waals surface area contributed by atoms with Crippen molar-refractivity contribution in [3.05, 3.63) is 32.3 Å². The minimum Gasteiger partial charge on any atom is -0.506 e. The first-order chi connectivity index (χ1) is 7.97. The van der Waals surface area contributed by atoms with E-state index >= 15 is 0 Å². The molecule has 3 N–H and O–H groups in total. The lowest BCUT2D eigenvalue weighted by Crippen LogP contribution is -2.11. The lowest BCUT2D eigenvalue weighted by atomic mass is 10.0. The van der Waals surface area contributed by atoms with Crippen molar-refractivity contribution in [1.82, 2.24) is 0 Å². The number of nitrogens with two attached hydrogens (primary N) is 1. The number of nitro benzene ring substituents is 1. The summed E-state index contributed by atoms with van der Waals surface area (Å²) in [6.45, 7) is 2.04. The van der Waals surface area contributed by atoms with E-state index in [0.717, 1.165) is 12.8 Å². The molecule has 0 aliphatic heterocycles. The predicted octanol–water partition coefficient (Wildman–Crippen LogP) is 3.67. The number of rotatable bonds is 5. The van der Waals surface area contributed by atoms with Gasteiger partial charge in [-0.3, -0.25) is 10.1 Å². The van der Waals surface area contributed by atoms with Gasteiger partial charge < -0.3 is 10.8 Å². The first kappa shape index (κ1) is 17.2. The molecule has 0 radical (unpaired) electrons. The van der Waals surface area contributed by atoms with Crippen LogP contribution in [-0.2, 0) is 0 Å². The van der Waals surface area contributed by atoms with Crippen LogP contribution in [0.5, 0.6) is 5.75 Å². The molecule has 7 heteroatoms. The van der Waals surface area contributed by atoms with Crippen molar-refractivity contribution in [2.75, 3.05) is 0 Å². The Hall–Kier alpha value is -0.850. The second kappa shape index (κ2) is 7.56. The standard InChI is InChI=1S/C11H15BrN2O3.ClH/c1-2-3-4-10(13)8-5-7(14(16)17)6-9(12)11(8)15;/h5-6,10,15H,2-4,13H2,1H3;1H/t10-;/m0./s1. The molecule has 0 fully saturated rings. The van der Waals surface area contributed by atoms with E-state index in [1.54, 1.807) is 0 Å². The van der Waals surface area contributed by atoms with E-state index in [1.807, 2.05) is 6.92 Å². The number of nitrogens with zero attached hydrogens (tertiary/aromatic N) is 1. The SMILES string of the molecule is CCCC[C@H](N)c1cc([N+](=O)[O-])cc(Br)c1O.Cl. The summed E-state index contributed by atoms with van der Waals surface area (Å²) in [6.07, 6.45) is 2.60. The topological polar surface area (TPSA) is 89.4 Å². The summed E-state index contributed by atoms with van der Waals surface area (Å²) in [7, 11) is 0. The molecule has 0 heterocycles. The molecule has 0 unspecified atom stereocenters. The fraction of sp³-hybridized carbons (Fsp3) is 0.455. The van der Waals surface area contributed by atoms with E-state index in [-0.39, 0.29) is 29.9 Å². The molecule has 0 spiro atoms. The zero-order chi connectivity index (χ0) is 13.0. The van der Waals surface area contributed by atoms with Crippen molar-refractivity contribution in [3.8, 4) is 5.75 Å². The predicted molar refractivity (Wildman–Crippen MR) is 76.2 cm³/mol. The number of benzene rings is 1. The molecule has 0 amide bonds. The van der Waals surface area contributed by atoms with Gasteiger partial charge in [-0.25, -0.2) is 0 Å². The molecular weight excluding hydrogens is 323 g/mol. The molecule has 1 aromatic rings. The number of aromatic hydroxyl groups is 1. The molecule has 0 saturated heterocycles. The second-order valence-corrected chi connectivity index (χ2v) is 4.73. The lowest BCUT2D eigenvalue weighted by molar-refractivity contribution is -0.385. The highest BCUT2D eigenvalue weighted by Gasteiger charge is 2.18. The van der Waals surface area contributed by atoms with Crippen molar-refractivity contribution in [1.29, 1.82) is 0 Å². The Balaban J connectivity index is 0.00000289. The van der Waals surface area contributed by atoms with Crippen LogP contribution in [0.25, 0.3) is 0 Å². The maximum atomic E-state index is 10.7. The van der Waals surface area contributed by atoms with Crippen molar-refractivity contribution in [3.63, 3.8) is 0 Å². The quantitative estimate of drug-likeness (QED) is 0.632. The third-order valence-corrected chi connectivity index (χ3v) is 3.16. The zero-order valence-electron chi connectivity index (χ0n) is 9.93. The Labute approximate surface area is 120 Å². The van der Waals surface area contributed by atoms with Crippen LogP contribution in [0.15, 0.2) is 16.6 Å². The van der Waals surface area contributed by atoms with Crippen LogP contribution in [-0.4, -0.2) is 10.0 Å². The minimum absolute atomic E-state index is 0. The summed E-state index contributed by atoms with van der Waals surface area (Å²) >= 11 is 3.09. The van der Waals surface area contributed by atoms with Crippen LogP contribution in [0.4, 0.5) is 5.69 Å². The number of phenols is 1. The van der Waals surface area contributed by atoms with Gasteiger partial charge in [0.1, 0.15) is 5.75 Å². The molecular formula is C11H16BrClN2O3. The summed E-state index contributed by atoms with van der Waals surface area (Å²) in [4.78, 5) is 10.2. The van der Waals surface area contributed by atoms with Crippen molar-refractivity contribution in [2.45, 2.75) is 32.2 Å². The molecule has 1 aromatic carbocycles. The highest BCUT2D eigenvalue weighted by Crippen LogP contribution is 2.36. The van der Waals surface area contributed by atoms with Crippen LogP contribution in [0.3, 0.4) is 0 Å². The van der Waals surface area contributed by atoms with E-state index in [2.05, 4.69) is 15.9 Å². The van der Waals surface area contributed by atoms with Crippen molar-refractivity contribution < 1.29 is 10.0 Å². The maximum Gasteiger partial charge on any atom is 0.271 e. The summed E-state index contributed by atoms with van der Waals surface area (Å²) < 4.78 is 0.300. The highest BCUT2D eigenvalue weighted by molar-refractivity contribution is 9.10. The summed E-state index contributed by atoms with van der Waals surface area (Å²) in [5.41, 5.74) is 6.26. The number of unbranched alkanes of at least 4 members (excludes halogenated alkanes) is 1. The van der Waals surface area contributed by atoms with Gasteiger partial charge in [0.2, 0.25) is 0 Å². The lowest BCUT2D eigenvalue weighted by Gasteiger charge is -2.13. The van der Waals surface area contributed by atoms with Gasteiger partial charge in [0, 0.05) is 23.7 Å². The normalized spacial score (nSPS) is 11.7. The van der Waals surface area contributed by atoms with Gasteiger partial charge >= 0.3 is 0 Å². The van der Waals surface area contributed by atoms with Gasteiger partial charge in [0.05, 0.1) is 9.40 Å². The van der Waals surface area contributed by atoms with Crippen LogP contribution >= 0.6 is 28.3 Å². The first-order valence-electron chi connectivity index (χ1n) is 5.39. The third-order valence-electron chi connectivity index (χ3n) is 2.56. The molecule has 0 saturated carbocycles. The zero-order valence-corrected chi connectivity index (χ0v) is 12.3. The number of halogens is 2. The van der Waals surface area contributed by atoms with Crippen LogP contribution in [0.2, 0.25) is 0 Å². The summed E-state index contributed by atoms with van der Waals surface area (Å²) in [5, 5.41) is 20.5. The van der Waals surface area contributed by atoms with E-state index in [9.17, 15) is 15.2 Å². The number of nitro groups is 1.